The van der Waals surface area contributed by atoms with Gasteiger partial charge < -0.3 is 0 Å². The highest BCUT2D eigenvalue weighted by Crippen LogP contribution is 1.97. The zero-order valence-corrected chi connectivity index (χ0v) is 11.9. The maximum Gasteiger partial charge on any atom is 0.235 e. The van der Waals surface area contributed by atoms with Crippen LogP contribution < -0.4 is 9.77 Å². The van der Waals surface area contributed by atoms with Crippen LogP contribution in [0.3, 0.4) is 0 Å². The number of sulfonamides is 2. The molecule has 0 bridgehead atoms. The number of alkyl halides is 2. The summed E-state index contributed by atoms with van der Waals surface area (Å²) in [5.41, 5.74) is 0. The van der Waals surface area contributed by atoms with Gasteiger partial charge in [-0.3, -0.25) is 8.78 Å². The zero-order chi connectivity index (χ0) is 14.8. The van der Waals surface area contributed by atoms with Crippen molar-refractivity contribution in [3.63, 3.8) is 0 Å². The van der Waals surface area contributed by atoms with Crippen molar-refractivity contribution in [2.45, 2.75) is 25.7 Å². The second-order valence-corrected chi connectivity index (χ2v) is 7.31. The van der Waals surface area contributed by atoms with E-state index in [9.17, 15) is 25.6 Å². The lowest BCUT2D eigenvalue weighted by Crippen LogP contribution is -2.37. The fraction of sp³-hybridized carbons (Fsp3) is 1.00. The topological polar surface area (TPSA) is 102 Å². The predicted octanol–water partition coefficient (Wildman–Crippen LogP) is 0.171. The lowest BCUT2D eigenvalue weighted by atomic mass is 10.4. The summed E-state index contributed by atoms with van der Waals surface area (Å²) in [6, 6.07) is 0. The van der Waals surface area contributed by atoms with Crippen molar-refractivity contribution in [1.82, 2.24) is 9.77 Å². The third-order valence-corrected chi connectivity index (χ3v) is 4.26. The van der Waals surface area contributed by atoms with Gasteiger partial charge in [-0.05, 0) is 25.7 Å². The molecule has 0 spiro atoms. The lowest BCUT2D eigenvalue weighted by Gasteiger charge is -2.07. The number of nitrogens with one attached hydrogen (secondary N) is 2. The van der Waals surface area contributed by atoms with Crippen LogP contribution in [0.15, 0.2) is 0 Å². The number of unbranched alkanes of at least 4 members (excludes halogenated alkanes) is 2. The first-order valence-corrected chi connectivity index (χ1v) is 8.90. The van der Waals surface area contributed by atoms with Crippen LogP contribution >= 0.6 is 0 Å². The minimum absolute atomic E-state index is 0.0931. The molecule has 7 nitrogen and oxygen atoms in total. The van der Waals surface area contributed by atoms with E-state index in [0.717, 1.165) is 0 Å². The Hall–Kier alpha value is -0.360. The molecule has 0 fully saturated rings. The van der Waals surface area contributed by atoms with Crippen molar-refractivity contribution in [1.29, 1.82) is 0 Å². The molecular weight excluding hydrogens is 306 g/mol. The van der Waals surface area contributed by atoms with Crippen LogP contribution in [-0.4, -0.2) is 41.7 Å². The fourth-order valence-corrected chi connectivity index (χ4v) is 2.73. The molecule has 19 heavy (non-hydrogen) atoms. The minimum Gasteiger partial charge on any atom is -0.251 e. The van der Waals surface area contributed by atoms with Gasteiger partial charge in [0.15, 0.2) is 0 Å². The average Bonchev–Trinajstić information content (AvgIpc) is 2.28. The average molecular weight is 324 g/mol. The van der Waals surface area contributed by atoms with Gasteiger partial charge >= 0.3 is 0 Å². The van der Waals surface area contributed by atoms with E-state index in [1.54, 1.807) is 9.77 Å². The molecule has 0 aliphatic heterocycles. The van der Waals surface area contributed by atoms with Gasteiger partial charge in [-0.25, -0.2) is 16.8 Å². The molecule has 0 amide bonds. The van der Waals surface area contributed by atoms with Crippen LogP contribution in [0.4, 0.5) is 8.78 Å². The number of halogens is 2. The lowest BCUT2D eigenvalue weighted by molar-refractivity contribution is 0.0533. The van der Waals surface area contributed by atoms with Crippen LogP contribution in [0.5, 0.6) is 0 Å². The van der Waals surface area contributed by atoms with Crippen LogP contribution in [0.1, 0.15) is 25.7 Å². The van der Waals surface area contributed by atoms with Gasteiger partial charge in [-0.15, -0.1) is 0 Å². The third kappa shape index (κ3) is 11.2. The Balaban J connectivity index is 3.94. The highest BCUT2D eigenvalue weighted by atomic mass is 32.2. The maximum absolute atomic E-state index is 11.8. The van der Waals surface area contributed by atoms with Crippen molar-refractivity contribution >= 4 is 20.0 Å². The van der Waals surface area contributed by atoms with Crippen LogP contribution in [0.2, 0.25) is 0 Å². The monoisotopic (exact) mass is 324 g/mol. The van der Waals surface area contributed by atoms with Gasteiger partial charge in [0.05, 0.1) is 24.9 Å². The molecule has 0 saturated carbocycles. The van der Waals surface area contributed by atoms with Crippen LogP contribution in [-0.2, 0) is 25.0 Å². The number of hydrogen-bond donors (Lipinski definition) is 2. The minimum atomic E-state index is -3.83. The molecule has 0 saturated heterocycles. The zero-order valence-electron chi connectivity index (χ0n) is 10.3. The second kappa shape index (κ2) is 9.53. The summed E-state index contributed by atoms with van der Waals surface area (Å²) in [5.74, 6) is -0.749. The summed E-state index contributed by atoms with van der Waals surface area (Å²) in [7, 11) is -7.65. The first-order chi connectivity index (χ1) is 8.83. The van der Waals surface area contributed by atoms with E-state index in [0.29, 0.717) is 0 Å². The number of rotatable bonds is 12. The molecule has 0 radical (unpaired) electrons. The van der Waals surface area contributed by atoms with Gasteiger partial charge in [0.25, 0.3) is 0 Å². The molecule has 0 aromatic carbocycles. The fourth-order valence-electron chi connectivity index (χ4n) is 1.00. The largest absolute Gasteiger partial charge is 0.251 e. The molecule has 0 aliphatic carbocycles. The first kappa shape index (κ1) is 18.6. The Morgan fingerprint density at radius 1 is 0.737 bits per heavy atom. The molecule has 0 rings (SSSR count). The van der Waals surface area contributed by atoms with Crippen LogP contribution in [0.25, 0.3) is 0 Å². The molecule has 2 N–H and O–H groups in total. The van der Waals surface area contributed by atoms with Crippen molar-refractivity contribution in [3.8, 4) is 0 Å². The predicted molar refractivity (Wildman–Crippen MR) is 65.3 cm³/mol. The maximum atomic E-state index is 11.8. The first-order valence-electron chi connectivity index (χ1n) is 5.60. The van der Waals surface area contributed by atoms with Crippen molar-refractivity contribution < 1.29 is 30.6 Å². The Kier molecular flexibility index (Phi) is 9.35. The highest BCUT2D eigenvalue weighted by molar-refractivity contribution is 7.89. The summed E-state index contributed by atoms with van der Waals surface area (Å²) in [6.07, 6.45) is 0.378. The van der Waals surface area contributed by atoms with E-state index in [1.165, 1.54) is 0 Å². The van der Waals surface area contributed by atoms with E-state index < -0.39 is 33.4 Å². The van der Waals surface area contributed by atoms with Crippen molar-refractivity contribution in [2.75, 3.05) is 24.9 Å². The normalized spacial score (nSPS) is 12.7. The highest BCUT2D eigenvalue weighted by Gasteiger charge is 2.14. The van der Waals surface area contributed by atoms with Gasteiger partial charge in [0.2, 0.25) is 20.0 Å². The standard InChI is InChI=1S/C8H18F2N2O5S2/c9-5-1-3-7-18(13,14)11-17-12-19(15,16)8-4-2-6-10/h11-12H,1-8H2. The molecule has 116 valence electrons. The SMILES string of the molecule is O=S(=O)(CCCCF)NONS(=O)(=O)CCCCF. The summed E-state index contributed by atoms with van der Waals surface area (Å²) in [5, 5.41) is 0. The molecule has 0 aromatic heterocycles. The summed E-state index contributed by atoms with van der Waals surface area (Å²) >= 11 is 0. The van der Waals surface area contributed by atoms with Gasteiger partial charge in [-0.1, -0.05) is 9.77 Å². The van der Waals surface area contributed by atoms with E-state index >= 15 is 0 Å². The molecular formula is C8H18F2N2O5S2. The van der Waals surface area contributed by atoms with E-state index in [4.69, 9.17) is 0 Å². The molecule has 0 heterocycles. The van der Waals surface area contributed by atoms with E-state index in [-0.39, 0.29) is 37.2 Å². The Bertz CT molecular complexity index is 386. The summed E-state index contributed by atoms with van der Waals surface area (Å²) in [6.45, 7) is -1.25. The van der Waals surface area contributed by atoms with E-state index in [2.05, 4.69) is 4.94 Å². The molecule has 0 aromatic rings. The Morgan fingerprint density at radius 2 is 1.11 bits per heavy atom. The quantitative estimate of drug-likeness (QED) is 0.394. The molecule has 0 aliphatic rings. The Morgan fingerprint density at radius 3 is 1.42 bits per heavy atom. The third-order valence-electron chi connectivity index (χ3n) is 1.93. The summed E-state index contributed by atoms with van der Waals surface area (Å²) < 4.78 is 68.4. The Labute approximate surface area is 111 Å². The number of hydrogen-bond acceptors (Lipinski definition) is 5. The van der Waals surface area contributed by atoms with Crippen LogP contribution in [0, 0.1) is 0 Å². The smallest absolute Gasteiger partial charge is 0.235 e. The van der Waals surface area contributed by atoms with Gasteiger partial charge in [0, 0.05) is 0 Å². The second-order valence-electron chi connectivity index (χ2n) is 3.70. The van der Waals surface area contributed by atoms with Crippen molar-refractivity contribution in [2.24, 2.45) is 0 Å². The molecule has 0 unspecified atom stereocenters. The van der Waals surface area contributed by atoms with Crippen molar-refractivity contribution in [3.05, 3.63) is 0 Å². The molecule has 0 atom stereocenters. The van der Waals surface area contributed by atoms with Gasteiger partial charge in [0.1, 0.15) is 0 Å². The van der Waals surface area contributed by atoms with E-state index in [1.807, 2.05) is 0 Å². The molecule has 11 heteroatoms. The van der Waals surface area contributed by atoms with Gasteiger partial charge in [-0.2, -0.15) is 4.94 Å². The summed E-state index contributed by atoms with van der Waals surface area (Å²) in [4.78, 5) is 7.26.